The minimum Gasteiger partial charge on any atom is -0.481 e. The van der Waals surface area contributed by atoms with Crippen LogP contribution in [-0.4, -0.2) is 36.0 Å². The number of nitrogens with one attached hydrogen (secondary N) is 1. The van der Waals surface area contributed by atoms with Gasteiger partial charge in [-0.2, -0.15) is 5.10 Å². The molecule has 8 nitrogen and oxygen atoms in total. The molecule has 2 aromatic heterocycles. The molecule has 0 saturated heterocycles. The van der Waals surface area contributed by atoms with Crippen LogP contribution in [0.4, 0.5) is 0 Å². The van der Waals surface area contributed by atoms with Gasteiger partial charge in [-0.15, -0.1) is 10.2 Å². The van der Waals surface area contributed by atoms with Gasteiger partial charge in [0.05, 0.1) is 5.92 Å². The number of aromatic amines is 1. The standard InChI is InChI=1S/C11H11N5O3/c17-9-4-2-7(12-14-9)10-15-13-8-3-1-6(11(18)19)5-16(8)10/h2,4,6H,1,3,5H2,(H,14,17)(H,18,19). The summed E-state index contributed by atoms with van der Waals surface area (Å²) in [7, 11) is 0. The molecule has 3 rings (SSSR count). The van der Waals surface area contributed by atoms with Crippen LogP contribution < -0.4 is 5.56 Å². The predicted molar refractivity (Wildman–Crippen MR) is 63.3 cm³/mol. The van der Waals surface area contributed by atoms with E-state index < -0.39 is 11.9 Å². The Balaban J connectivity index is 2.01. The zero-order valence-corrected chi connectivity index (χ0v) is 9.91. The van der Waals surface area contributed by atoms with Crippen LogP contribution in [0.3, 0.4) is 0 Å². The highest BCUT2D eigenvalue weighted by Crippen LogP contribution is 2.24. The summed E-state index contributed by atoms with van der Waals surface area (Å²) in [5.41, 5.74) is 0.176. The Kier molecular flexibility index (Phi) is 2.62. The van der Waals surface area contributed by atoms with Crippen LogP contribution in [0.2, 0.25) is 0 Å². The molecule has 0 saturated carbocycles. The van der Waals surface area contributed by atoms with Gasteiger partial charge in [0, 0.05) is 19.0 Å². The monoisotopic (exact) mass is 261 g/mol. The Hall–Kier alpha value is -2.51. The highest BCUT2D eigenvalue weighted by atomic mass is 16.4. The van der Waals surface area contributed by atoms with Gasteiger partial charge in [-0.25, -0.2) is 5.10 Å². The summed E-state index contributed by atoms with van der Waals surface area (Å²) in [6.45, 7) is 0.327. The maximum absolute atomic E-state index is 11.1. The second-order valence-electron chi connectivity index (χ2n) is 4.43. The predicted octanol–water partition coefficient (Wildman–Crippen LogP) is -0.325. The summed E-state index contributed by atoms with van der Waals surface area (Å²) < 4.78 is 1.75. The van der Waals surface area contributed by atoms with Gasteiger partial charge >= 0.3 is 5.97 Å². The quantitative estimate of drug-likeness (QED) is 0.765. The minimum atomic E-state index is -0.820. The first-order valence-electron chi connectivity index (χ1n) is 5.86. The molecule has 1 aliphatic heterocycles. The number of aromatic nitrogens is 5. The molecule has 1 atom stereocenters. The van der Waals surface area contributed by atoms with E-state index in [0.717, 1.165) is 5.82 Å². The molecule has 0 radical (unpaired) electrons. The molecule has 0 spiro atoms. The van der Waals surface area contributed by atoms with E-state index in [2.05, 4.69) is 20.4 Å². The lowest BCUT2D eigenvalue weighted by molar-refractivity contribution is -0.142. The molecule has 2 N–H and O–H groups in total. The fourth-order valence-corrected chi connectivity index (χ4v) is 2.19. The number of carboxylic acids is 1. The number of carbonyl (C=O) groups is 1. The first kappa shape index (κ1) is 11.6. The molecule has 8 heteroatoms. The summed E-state index contributed by atoms with van der Waals surface area (Å²) in [5, 5.41) is 23.4. The number of fused-ring (bicyclic) bond motifs is 1. The van der Waals surface area contributed by atoms with E-state index in [9.17, 15) is 9.59 Å². The SMILES string of the molecule is O=C(O)C1CCc2nnc(-c3ccc(=O)[nH]n3)n2C1. The number of aryl methyl sites for hydroxylation is 1. The lowest BCUT2D eigenvalue weighted by Crippen LogP contribution is -2.27. The van der Waals surface area contributed by atoms with Gasteiger partial charge in [0.25, 0.3) is 5.56 Å². The first-order chi connectivity index (χ1) is 9.15. The highest BCUT2D eigenvalue weighted by molar-refractivity contribution is 5.70. The molecule has 98 valence electrons. The van der Waals surface area contributed by atoms with Crippen molar-refractivity contribution in [3.05, 3.63) is 28.3 Å². The first-order valence-corrected chi connectivity index (χ1v) is 5.86. The van der Waals surface area contributed by atoms with Gasteiger partial charge < -0.3 is 9.67 Å². The summed E-state index contributed by atoms with van der Waals surface area (Å²) in [6.07, 6.45) is 1.14. The number of H-pyrrole nitrogens is 1. The topological polar surface area (TPSA) is 114 Å². The average molecular weight is 261 g/mol. The van der Waals surface area contributed by atoms with Crippen molar-refractivity contribution >= 4 is 5.97 Å². The van der Waals surface area contributed by atoms with E-state index in [4.69, 9.17) is 5.11 Å². The van der Waals surface area contributed by atoms with Crippen LogP contribution in [0.15, 0.2) is 16.9 Å². The van der Waals surface area contributed by atoms with Crippen molar-refractivity contribution in [3.8, 4) is 11.5 Å². The zero-order chi connectivity index (χ0) is 13.4. The second kappa shape index (κ2) is 4.30. The van der Waals surface area contributed by atoms with Gasteiger partial charge in [0.1, 0.15) is 11.5 Å². The smallest absolute Gasteiger partial charge is 0.308 e. The highest BCUT2D eigenvalue weighted by Gasteiger charge is 2.28. The maximum atomic E-state index is 11.1. The lowest BCUT2D eigenvalue weighted by Gasteiger charge is -2.20. The number of hydrogen-bond donors (Lipinski definition) is 2. The van der Waals surface area contributed by atoms with Crippen LogP contribution in [0.25, 0.3) is 11.5 Å². The average Bonchev–Trinajstić information content (AvgIpc) is 2.82. The summed E-state index contributed by atoms with van der Waals surface area (Å²) >= 11 is 0. The van der Waals surface area contributed by atoms with Crippen LogP contribution in [0, 0.1) is 5.92 Å². The van der Waals surface area contributed by atoms with Crippen molar-refractivity contribution in [2.24, 2.45) is 5.92 Å². The van der Waals surface area contributed by atoms with Crippen LogP contribution in [0.5, 0.6) is 0 Å². The van der Waals surface area contributed by atoms with E-state index in [1.165, 1.54) is 6.07 Å². The third-order valence-electron chi connectivity index (χ3n) is 3.20. The molecule has 0 bridgehead atoms. The van der Waals surface area contributed by atoms with Crippen LogP contribution >= 0.6 is 0 Å². The molecule has 1 unspecified atom stereocenters. The van der Waals surface area contributed by atoms with Crippen molar-refractivity contribution in [1.29, 1.82) is 0 Å². The number of aliphatic carboxylic acids is 1. The van der Waals surface area contributed by atoms with Gasteiger partial charge in [-0.05, 0) is 12.5 Å². The largest absolute Gasteiger partial charge is 0.481 e. The van der Waals surface area contributed by atoms with Gasteiger partial charge in [-0.3, -0.25) is 9.59 Å². The third kappa shape index (κ3) is 2.01. The normalized spacial score (nSPS) is 18.0. The molecule has 0 fully saturated rings. The van der Waals surface area contributed by atoms with Crippen molar-refractivity contribution in [3.63, 3.8) is 0 Å². The third-order valence-corrected chi connectivity index (χ3v) is 3.20. The molecule has 3 heterocycles. The van der Waals surface area contributed by atoms with E-state index in [1.54, 1.807) is 10.6 Å². The minimum absolute atomic E-state index is 0.300. The fourth-order valence-electron chi connectivity index (χ4n) is 2.19. The summed E-state index contributed by atoms with van der Waals surface area (Å²) in [6, 6.07) is 2.89. The Morgan fingerprint density at radius 3 is 2.95 bits per heavy atom. The molecular weight excluding hydrogens is 250 g/mol. The van der Waals surface area contributed by atoms with Crippen molar-refractivity contribution in [1.82, 2.24) is 25.0 Å². The zero-order valence-electron chi connectivity index (χ0n) is 9.91. The molecule has 0 aromatic carbocycles. The molecule has 0 aliphatic carbocycles. The molecule has 2 aromatic rings. The van der Waals surface area contributed by atoms with Crippen molar-refractivity contribution in [2.75, 3.05) is 0 Å². The maximum Gasteiger partial charge on any atom is 0.308 e. The number of hydrogen-bond acceptors (Lipinski definition) is 5. The fraction of sp³-hybridized carbons (Fsp3) is 0.364. The van der Waals surface area contributed by atoms with E-state index in [-0.39, 0.29) is 5.56 Å². The van der Waals surface area contributed by atoms with Gasteiger partial charge in [0.15, 0.2) is 5.82 Å². The Morgan fingerprint density at radius 1 is 1.42 bits per heavy atom. The lowest BCUT2D eigenvalue weighted by atomic mass is 9.99. The molecular formula is C11H11N5O3. The second-order valence-corrected chi connectivity index (χ2v) is 4.43. The van der Waals surface area contributed by atoms with Crippen LogP contribution in [0.1, 0.15) is 12.2 Å². The van der Waals surface area contributed by atoms with E-state index in [0.29, 0.717) is 30.9 Å². The number of rotatable bonds is 2. The summed E-state index contributed by atoms with van der Waals surface area (Å²) in [4.78, 5) is 22.0. The van der Waals surface area contributed by atoms with E-state index in [1.807, 2.05) is 0 Å². The van der Waals surface area contributed by atoms with E-state index >= 15 is 0 Å². The molecule has 1 aliphatic rings. The van der Waals surface area contributed by atoms with Gasteiger partial charge in [0.2, 0.25) is 0 Å². The van der Waals surface area contributed by atoms with Crippen LogP contribution in [-0.2, 0) is 17.8 Å². The van der Waals surface area contributed by atoms with Gasteiger partial charge in [-0.1, -0.05) is 0 Å². The van der Waals surface area contributed by atoms with Crippen molar-refractivity contribution < 1.29 is 9.90 Å². The number of nitrogens with zero attached hydrogens (tertiary/aromatic N) is 4. The molecule has 19 heavy (non-hydrogen) atoms. The summed E-state index contributed by atoms with van der Waals surface area (Å²) in [5.74, 6) is -0.0255. The van der Waals surface area contributed by atoms with Crippen molar-refractivity contribution in [2.45, 2.75) is 19.4 Å². The Bertz CT molecular complexity index is 669. The Labute approximate surface area is 107 Å². The number of carboxylic acid groups (broad SMARTS) is 1. The Morgan fingerprint density at radius 2 is 2.26 bits per heavy atom. The molecule has 0 amide bonds.